The first-order chi connectivity index (χ1) is 10.0. The predicted octanol–water partition coefficient (Wildman–Crippen LogP) is 1.33. The largest absolute Gasteiger partial charge is 0.384 e. The molecule has 1 fully saturated rings. The average molecular weight is 312 g/mol. The van der Waals surface area contributed by atoms with Gasteiger partial charge in [0.1, 0.15) is 0 Å². The topological polar surface area (TPSA) is 72.6 Å². The quantitative estimate of drug-likeness (QED) is 0.860. The van der Waals surface area contributed by atoms with E-state index >= 15 is 0 Å². The predicted molar refractivity (Wildman–Crippen MR) is 83.1 cm³/mol. The molecule has 0 atom stereocenters. The Labute approximate surface area is 127 Å². The third-order valence-corrected chi connectivity index (χ3v) is 5.80. The van der Waals surface area contributed by atoms with Crippen LogP contribution in [0.2, 0.25) is 0 Å². The maximum atomic E-state index is 12.5. The van der Waals surface area contributed by atoms with Gasteiger partial charge >= 0.3 is 0 Å². The molecular formula is C15H24N2O3S. The summed E-state index contributed by atoms with van der Waals surface area (Å²) in [5, 5.41) is 0. The van der Waals surface area contributed by atoms with Gasteiger partial charge in [-0.05, 0) is 29.9 Å². The molecule has 0 aromatic heterocycles. The standard InChI is InChI=1S/C15H24N2O3S/c1-20-11-13-5-7-17(8-6-13)21(18,19)12-15-4-2-3-14(9-15)10-16/h2-4,9,13H,5-8,10-12,16H2,1H3. The number of benzene rings is 1. The Morgan fingerprint density at radius 2 is 1.95 bits per heavy atom. The first-order valence-corrected chi connectivity index (χ1v) is 8.90. The van der Waals surface area contributed by atoms with Gasteiger partial charge in [-0.2, -0.15) is 0 Å². The minimum Gasteiger partial charge on any atom is -0.384 e. The van der Waals surface area contributed by atoms with E-state index in [9.17, 15) is 8.42 Å². The van der Waals surface area contributed by atoms with Crippen LogP contribution in [0.15, 0.2) is 24.3 Å². The summed E-state index contributed by atoms with van der Waals surface area (Å²) in [6.07, 6.45) is 1.74. The summed E-state index contributed by atoms with van der Waals surface area (Å²) in [5.74, 6) is 0.525. The molecule has 0 amide bonds. The summed E-state index contributed by atoms with van der Waals surface area (Å²) in [4.78, 5) is 0. The van der Waals surface area contributed by atoms with Crippen molar-refractivity contribution in [1.82, 2.24) is 4.31 Å². The summed E-state index contributed by atoms with van der Waals surface area (Å²) < 4.78 is 31.7. The lowest BCUT2D eigenvalue weighted by molar-refractivity contribution is 0.121. The normalized spacial score (nSPS) is 18.0. The van der Waals surface area contributed by atoms with E-state index in [-0.39, 0.29) is 5.75 Å². The van der Waals surface area contributed by atoms with Gasteiger partial charge in [-0.3, -0.25) is 0 Å². The van der Waals surface area contributed by atoms with E-state index in [0.29, 0.717) is 32.2 Å². The van der Waals surface area contributed by atoms with Crippen molar-refractivity contribution in [2.24, 2.45) is 11.7 Å². The molecule has 0 unspecified atom stereocenters. The molecule has 0 saturated carbocycles. The zero-order valence-electron chi connectivity index (χ0n) is 12.5. The minimum absolute atomic E-state index is 0.0514. The molecule has 5 nitrogen and oxygen atoms in total. The molecule has 0 bridgehead atoms. The van der Waals surface area contributed by atoms with E-state index in [1.807, 2.05) is 24.3 Å². The third kappa shape index (κ3) is 4.51. The maximum absolute atomic E-state index is 12.5. The molecule has 21 heavy (non-hydrogen) atoms. The van der Waals surface area contributed by atoms with Crippen molar-refractivity contribution in [3.8, 4) is 0 Å². The van der Waals surface area contributed by atoms with Crippen LogP contribution in [0.1, 0.15) is 24.0 Å². The summed E-state index contributed by atoms with van der Waals surface area (Å²) in [6.45, 7) is 2.32. The molecule has 1 aromatic rings. The fourth-order valence-corrected chi connectivity index (χ4v) is 4.29. The molecule has 6 heteroatoms. The van der Waals surface area contributed by atoms with Gasteiger partial charge in [-0.1, -0.05) is 24.3 Å². The Bertz CT molecular complexity index is 552. The Morgan fingerprint density at radius 1 is 1.29 bits per heavy atom. The van der Waals surface area contributed by atoms with E-state index < -0.39 is 10.0 Å². The van der Waals surface area contributed by atoms with Gasteiger partial charge in [-0.25, -0.2) is 12.7 Å². The number of rotatable bonds is 6. The lowest BCUT2D eigenvalue weighted by atomic mass is 9.99. The molecule has 1 aromatic carbocycles. The molecule has 1 saturated heterocycles. The molecule has 0 radical (unpaired) electrons. The summed E-state index contributed by atoms with van der Waals surface area (Å²) in [7, 11) is -1.56. The lowest BCUT2D eigenvalue weighted by Crippen LogP contribution is -2.39. The molecule has 0 aliphatic carbocycles. The van der Waals surface area contributed by atoms with E-state index in [1.165, 1.54) is 0 Å². The third-order valence-electron chi connectivity index (χ3n) is 3.95. The number of nitrogens with zero attached hydrogens (tertiary/aromatic N) is 1. The maximum Gasteiger partial charge on any atom is 0.218 e. The average Bonchev–Trinajstić information content (AvgIpc) is 2.48. The summed E-state index contributed by atoms with van der Waals surface area (Å²) in [5.41, 5.74) is 7.36. The molecule has 2 N–H and O–H groups in total. The van der Waals surface area contributed by atoms with Gasteiger partial charge in [-0.15, -0.1) is 0 Å². The fraction of sp³-hybridized carbons (Fsp3) is 0.600. The van der Waals surface area contributed by atoms with Crippen molar-refractivity contribution in [3.05, 3.63) is 35.4 Å². The number of sulfonamides is 1. The zero-order valence-corrected chi connectivity index (χ0v) is 13.3. The summed E-state index contributed by atoms with van der Waals surface area (Å²) in [6, 6.07) is 7.48. The summed E-state index contributed by atoms with van der Waals surface area (Å²) >= 11 is 0. The Balaban J connectivity index is 1.99. The van der Waals surface area contributed by atoms with Crippen LogP contribution in [0.3, 0.4) is 0 Å². The first kappa shape index (κ1) is 16.4. The number of methoxy groups -OCH3 is 1. The fourth-order valence-electron chi connectivity index (χ4n) is 2.74. The second-order valence-corrected chi connectivity index (χ2v) is 7.55. The van der Waals surface area contributed by atoms with Gasteiger partial charge in [0.2, 0.25) is 10.0 Å². The van der Waals surface area contributed by atoms with Gasteiger partial charge in [0.15, 0.2) is 0 Å². The second-order valence-electron chi connectivity index (χ2n) is 5.58. The molecule has 1 aliphatic heterocycles. The molecule has 2 rings (SSSR count). The van der Waals surface area contributed by atoms with E-state index in [0.717, 1.165) is 24.0 Å². The van der Waals surface area contributed by atoms with Crippen molar-refractivity contribution < 1.29 is 13.2 Å². The monoisotopic (exact) mass is 312 g/mol. The van der Waals surface area contributed by atoms with Crippen molar-refractivity contribution in [2.45, 2.75) is 25.1 Å². The van der Waals surface area contributed by atoms with Crippen LogP contribution < -0.4 is 5.73 Å². The highest BCUT2D eigenvalue weighted by Crippen LogP contribution is 2.22. The van der Waals surface area contributed by atoms with Crippen LogP contribution in [0.5, 0.6) is 0 Å². The van der Waals surface area contributed by atoms with Crippen LogP contribution in [0.4, 0.5) is 0 Å². The first-order valence-electron chi connectivity index (χ1n) is 7.30. The number of piperidine rings is 1. The van der Waals surface area contributed by atoms with Gasteiger partial charge in [0, 0.05) is 33.4 Å². The van der Waals surface area contributed by atoms with E-state index in [2.05, 4.69) is 0 Å². The lowest BCUT2D eigenvalue weighted by Gasteiger charge is -2.30. The number of hydrogen-bond acceptors (Lipinski definition) is 4. The highest BCUT2D eigenvalue weighted by atomic mass is 32.2. The smallest absolute Gasteiger partial charge is 0.218 e. The van der Waals surface area contributed by atoms with Crippen molar-refractivity contribution in [3.63, 3.8) is 0 Å². The van der Waals surface area contributed by atoms with Gasteiger partial charge < -0.3 is 10.5 Å². The van der Waals surface area contributed by atoms with Crippen LogP contribution in [0.25, 0.3) is 0 Å². The van der Waals surface area contributed by atoms with Crippen LogP contribution in [-0.2, 0) is 27.1 Å². The molecular weight excluding hydrogens is 288 g/mol. The zero-order chi connectivity index (χ0) is 15.3. The molecule has 118 valence electrons. The number of nitrogens with two attached hydrogens (primary N) is 1. The SMILES string of the molecule is COCC1CCN(S(=O)(=O)Cc2cccc(CN)c2)CC1. The molecule has 1 aliphatic rings. The van der Waals surface area contributed by atoms with Crippen molar-refractivity contribution >= 4 is 10.0 Å². The Hall–Kier alpha value is -0.950. The number of hydrogen-bond donors (Lipinski definition) is 1. The number of ether oxygens (including phenoxy) is 1. The van der Waals surface area contributed by atoms with E-state index in [1.54, 1.807) is 11.4 Å². The Kier molecular flexibility index (Phi) is 5.75. The van der Waals surface area contributed by atoms with Gasteiger partial charge in [0.05, 0.1) is 5.75 Å². The van der Waals surface area contributed by atoms with Crippen LogP contribution in [-0.4, -0.2) is 39.5 Å². The Morgan fingerprint density at radius 3 is 2.57 bits per heavy atom. The molecule has 1 heterocycles. The van der Waals surface area contributed by atoms with Crippen LogP contribution >= 0.6 is 0 Å². The molecule has 0 spiro atoms. The van der Waals surface area contributed by atoms with Crippen LogP contribution in [0, 0.1) is 5.92 Å². The second kappa shape index (κ2) is 7.35. The van der Waals surface area contributed by atoms with Gasteiger partial charge in [0.25, 0.3) is 0 Å². The van der Waals surface area contributed by atoms with E-state index in [4.69, 9.17) is 10.5 Å². The minimum atomic E-state index is -3.25. The van der Waals surface area contributed by atoms with Crippen molar-refractivity contribution in [2.75, 3.05) is 26.8 Å². The highest BCUT2D eigenvalue weighted by molar-refractivity contribution is 7.88. The highest BCUT2D eigenvalue weighted by Gasteiger charge is 2.28. The van der Waals surface area contributed by atoms with Crippen molar-refractivity contribution in [1.29, 1.82) is 0 Å².